The maximum absolute atomic E-state index is 14.2. The summed E-state index contributed by atoms with van der Waals surface area (Å²) in [4.78, 5) is 54.2. The second-order valence-electron chi connectivity index (χ2n) is 7.64. The number of hydrogen-bond acceptors (Lipinski definition) is 6. The molecular formula is C21H18BrFN6O5. The van der Waals surface area contributed by atoms with Crippen molar-refractivity contribution in [2.45, 2.75) is 25.2 Å². The number of carbonyl (C=O) groups is 4. The van der Waals surface area contributed by atoms with E-state index in [1.807, 2.05) is 0 Å². The van der Waals surface area contributed by atoms with E-state index in [4.69, 9.17) is 5.73 Å². The highest BCUT2D eigenvalue weighted by atomic mass is 79.9. The molecule has 0 radical (unpaired) electrons. The number of hydrogen-bond donors (Lipinski definition) is 3. The number of rotatable bonds is 6. The minimum Gasteiger partial charge on any atom is -0.478 e. The van der Waals surface area contributed by atoms with E-state index in [1.165, 1.54) is 22.9 Å². The van der Waals surface area contributed by atoms with Gasteiger partial charge in [-0.3, -0.25) is 19.1 Å². The van der Waals surface area contributed by atoms with Crippen LogP contribution in [0.25, 0.3) is 10.9 Å². The summed E-state index contributed by atoms with van der Waals surface area (Å²) in [5, 5.41) is 16.0. The topological polar surface area (TPSA) is 161 Å². The number of pyridine rings is 1. The summed E-state index contributed by atoms with van der Waals surface area (Å²) in [5.41, 5.74) is 5.37. The number of fused-ring (bicyclic) bond motifs is 1. The van der Waals surface area contributed by atoms with Crippen LogP contribution >= 0.6 is 15.9 Å². The van der Waals surface area contributed by atoms with E-state index >= 15 is 0 Å². The number of aromatic nitrogens is 3. The Labute approximate surface area is 199 Å². The smallest absolute Gasteiger partial charge is 0.335 e. The van der Waals surface area contributed by atoms with Gasteiger partial charge in [0.05, 0.1) is 17.6 Å². The lowest BCUT2D eigenvalue weighted by Crippen LogP contribution is -2.44. The molecule has 1 fully saturated rings. The SMILES string of the molecule is NC(=O)c1nn(CC(=O)N2CC(F)CC2C(=O)Nc2cccc(Br)n2)c2ccc(C(=O)O)cc12. The molecule has 4 rings (SSSR count). The summed E-state index contributed by atoms with van der Waals surface area (Å²) < 4.78 is 15.9. The summed E-state index contributed by atoms with van der Waals surface area (Å²) in [5.74, 6) is -3.06. The van der Waals surface area contributed by atoms with Gasteiger partial charge in [0, 0.05) is 11.8 Å². The fourth-order valence-electron chi connectivity index (χ4n) is 3.83. The Morgan fingerprint density at radius 3 is 2.68 bits per heavy atom. The van der Waals surface area contributed by atoms with Crippen molar-refractivity contribution >= 4 is 56.3 Å². The van der Waals surface area contributed by atoms with Gasteiger partial charge in [-0.2, -0.15) is 5.10 Å². The summed E-state index contributed by atoms with van der Waals surface area (Å²) in [7, 11) is 0. The fraction of sp³-hybridized carbons (Fsp3) is 0.238. The molecule has 0 spiro atoms. The van der Waals surface area contributed by atoms with E-state index in [2.05, 4.69) is 31.3 Å². The average Bonchev–Trinajstić information content (AvgIpc) is 3.34. The first kappa shape index (κ1) is 23.3. The third-order valence-electron chi connectivity index (χ3n) is 5.36. The van der Waals surface area contributed by atoms with Crippen LogP contribution in [0.5, 0.6) is 0 Å². The quantitative estimate of drug-likeness (QED) is 0.406. The number of aromatic carboxylic acids is 1. The van der Waals surface area contributed by atoms with E-state index in [0.29, 0.717) is 10.1 Å². The molecule has 3 aromatic rings. The zero-order chi connectivity index (χ0) is 24.6. The van der Waals surface area contributed by atoms with Crippen LogP contribution < -0.4 is 11.1 Å². The molecule has 0 aliphatic carbocycles. The first-order valence-corrected chi connectivity index (χ1v) is 10.8. The van der Waals surface area contributed by atoms with Gasteiger partial charge in [0.25, 0.3) is 5.91 Å². The largest absolute Gasteiger partial charge is 0.478 e. The van der Waals surface area contributed by atoms with Crippen molar-refractivity contribution in [2.75, 3.05) is 11.9 Å². The molecule has 2 unspecified atom stereocenters. The third kappa shape index (κ3) is 4.59. The highest BCUT2D eigenvalue weighted by Crippen LogP contribution is 2.25. The molecule has 1 aliphatic heterocycles. The van der Waals surface area contributed by atoms with Gasteiger partial charge < -0.3 is 21.1 Å². The number of anilines is 1. The number of carboxylic acid groups (broad SMARTS) is 1. The molecule has 1 aromatic carbocycles. The van der Waals surface area contributed by atoms with Gasteiger partial charge in [-0.1, -0.05) is 6.07 Å². The number of carbonyl (C=O) groups excluding carboxylic acids is 3. The Bertz CT molecular complexity index is 1330. The number of benzene rings is 1. The van der Waals surface area contributed by atoms with Crippen LogP contribution in [-0.2, 0) is 16.1 Å². The summed E-state index contributed by atoms with van der Waals surface area (Å²) in [6, 6.07) is 7.76. The van der Waals surface area contributed by atoms with Crippen molar-refractivity contribution in [3.8, 4) is 0 Å². The number of nitrogens with zero attached hydrogens (tertiary/aromatic N) is 4. The molecule has 2 atom stereocenters. The van der Waals surface area contributed by atoms with Crippen molar-refractivity contribution in [2.24, 2.45) is 5.73 Å². The molecule has 2 aromatic heterocycles. The molecule has 13 heteroatoms. The zero-order valence-corrected chi connectivity index (χ0v) is 19.0. The number of primary amides is 1. The van der Waals surface area contributed by atoms with Crippen LogP contribution in [0.3, 0.4) is 0 Å². The van der Waals surface area contributed by atoms with Gasteiger partial charge in [0.1, 0.15) is 29.2 Å². The van der Waals surface area contributed by atoms with E-state index < -0.39 is 42.4 Å². The molecule has 0 saturated carbocycles. The van der Waals surface area contributed by atoms with Crippen molar-refractivity contribution in [3.05, 3.63) is 52.3 Å². The van der Waals surface area contributed by atoms with Crippen molar-refractivity contribution < 1.29 is 28.7 Å². The third-order valence-corrected chi connectivity index (χ3v) is 5.80. The number of carboxylic acids is 1. The fourth-order valence-corrected chi connectivity index (χ4v) is 4.17. The zero-order valence-electron chi connectivity index (χ0n) is 17.4. The molecular weight excluding hydrogens is 515 g/mol. The normalized spacial score (nSPS) is 17.6. The van der Waals surface area contributed by atoms with Crippen molar-refractivity contribution in [1.29, 1.82) is 0 Å². The molecule has 176 valence electrons. The monoisotopic (exact) mass is 532 g/mol. The Morgan fingerprint density at radius 2 is 2.00 bits per heavy atom. The van der Waals surface area contributed by atoms with Crippen LogP contribution in [0, 0.1) is 0 Å². The molecule has 1 aliphatic rings. The van der Waals surface area contributed by atoms with Crippen LogP contribution in [0.15, 0.2) is 41.0 Å². The van der Waals surface area contributed by atoms with Crippen molar-refractivity contribution in [3.63, 3.8) is 0 Å². The highest BCUT2D eigenvalue weighted by molar-refractivity contribution is 9.10. The Morgan fingerprint density at radius 1 is 1.24 bits per heavy atom. The predicted molar refractivity (Wildman–Crippen MR) is 121 cm³/mol. The van der Waals surface area contributed by atoms with Crippen LogP contribution in [0.2, 0.25) is 0 Å². The average molecular weight is 533 g/mol. The summed E-state index contributed by atoms with van der Waals surface area (Å²) >= 11 is 3.20. The second-order valence-corrected chi connectivity index (χ2v) is 8.45. The molecule has 4 N–H and O–H groups in total. The predicted octanol–water partition coefficient (Wildman–Crippen LogP) is 1.57. The lowest BCUT2D eigenvalue weighted by Gasteiger charge is -2.23. The molecule has 1 saturated heterocycles. The van der Waals surface area contributed by atoms with E-state index in [-0.39, 0.29) is 35.4 Å². The number of amides is 3. The first-order chi connectivity index (χ1) is 16.1. The highest BCUT2D eigenvalue weighted by Gasteiger charge is 2.40. The molecule has 3 amide bonds. The Balaban J connectivity index is 1.59. The molecule has 0 bridgehead atoms. The number of likely N-dealkylation sites (tertiary alicyclic amines) is 1. The van der Waals surface area contributed by atoms with Crippen LogP contribution in [-0.4, -0.2) is 67.2 Å². The van der Waals surface area contributed by atoms with Gasteiger partial charge in [-0.05, 0) is 46.3 Å². The summed E-state index contributed by atoms with van der Waals surface area (Å²) in [6.07, 6.45) is -1.58. The van der Waals surface area contributed by atoms with E-state index in [0.717, 1.165) is 4.90 Å². The number of nitrogens with two attached hydrogens (primary N) is 1. The lowest BCUT2D eigenvalue weighted by molar-refractivity contribution is -0.137. The second kappa shape index (κ2) is 9.17. The Hall–Kier alpha value is -3.87. The number of halogens is 2. The number of alkyl halides is 1. The van der Waals surface area contributed by atoms with Gasteiger partial charge in [-0.25, -0.2) is 14.2 Å². The lowest BCUT2D eigenvalue weighted by atomic mass is 10.1. The molecule has 3 heterocycles. The molecule has 11 nitrogen and oxygen atoms in total. The van der Waals surface area contributed by atoms with Crippen molar-refractivity contribution in [1.82, 2.24) is 19.7 Å². The Kier molecular flexibility index (Phi) is 6.28. The van der Waals surface area contributed by atoms with Gasteiger partial charge >= 0.3 is 5.97 Å². The maximum Gasteiger partial charge on any atom is 0.335 e. The minimum absolute atomic E-state index is 0.0846. The van der Waals surface area contributed by atoms with Crippen LogP contribution in [0.1, 0.15) is 27.3 Å². The van der Waals surface area contributed by atoms with Gasteiger partial charge in [0.15, 0.2) is 5.69 Å². The summed E-state index contributed by atoms with van der Waals surface area (Å²) in [6.45, 7) is -0.699. The van der Waals surface area contributed by atoms with E-state index in [9.17, 15) is 28.7 Å². The first-order valence-electron chi connectivity index (χ1n) is 10.0. The van der Waals surface area contributed by atoms with E-state index in [1.54, 1.807) is 18.2 Å². The van der Waals surface area contributed by atoms with Gasteiger partial charge in [0.2, 0.25) is 11.8 Å². The van der Waals surface area contributed by atoms with Crippen LogP contribution in [0.4, 0.5) is 10.2 Å². The van der Waals surface area contributed by atoms with Gasteiger partial charge in [-0.15, -0.1) is 0 Å². The standard InChI is InChI=1S/C21H18BrFN6O5/c22-15-2-1-3-16(25-15)26-20(32)14-7-11(23)8-28(14)17(30)9-29-13-5-4-10(21(33)34)6-12(13)18(27-29)19(24)31/h1-6,11,14H,7-9H2,(H2,24,31)(H,33,34)(H,25,26,32). The maximum atomic E-state index is 14.2. The minimum atomic E-state index is -1.40. The molecule has 34 heavy (non-hydrogen) atoms. The number of nitrogens with one attached hydrogen (secondary N) is 1.